The van der Waals surface area contributed by atoms with Crippen LogP contribution in [0, 0.1) is 5.92 Å². The summed E-state index contributed by atoms with van der Waals surface area (Å²) in [6.07, 6.45) is 4.06. The van der Waals surface area contributed by atoms with E-state index in [0.29, 0.717) is 10.8 Å². The molecule has 0 bridgehead atoms. The van der Waals surface area contributed by atoms with Crippen LogP contribution in [0.2, 0.25) is 0 Å². The van der Waals surface area contributed by atoms with Crippen molar-refractivity contribution in [3.63, 3.8) is 0 Å². The molecule has 110 valence electrons. The van der Waals surface area contributed by atoms with Gasteiger partial charge in [0.05, 0.1) is 10.5 Å². The van der Waals surface area contributed by atoms with Crippen molar-refractivity contribution in [1.29, 1.82) is 0 Å². The molecule has 1 aromatic carbocycles. The van der Waals surface area contributed by atoms with Crippen LogP contribution in [0.15, 0.2) is 29.2 Å². The minimum absolute atomic E-state index is 0.247. The molecule has 1 saturated carbocycles. The summed E-state index contributed by atoms with van der Waals surface area (Å²) in [6.45, 7) is 2.59. The summed E-state index contributed by atoms with van der Waals surface area (Å²) in [4.78, 5) is 0.329. The van der Waals surface area contributed by atoms with Gasteiger partial charge in [-0.2, -0.15) is 4.31 Å². The molecule has 1 N–H and O–H groups in total. The Labute approximate surface area is 120 Å². The van der Waals surface area contributed by atoms with E-state index in [1.54, 1.807) is 12.1 Å². The van der Waals surface area contributed by atoms with E-state index in [1.165, 1.54) is 4.31 Å². The number of hydrogen-bond donors (Lipinski definition) is 1. The SMILES string of the molecule is CCCc1ccc(S(=O)(=O)N2CC(O)(C3CC3)C2)cc1. The van der Waals surface area contributed by atoms with Gasteiger partial charge in [-0.1, -0.05) is 25.5 Å². The fourth-order valence-electron chi connectivity index (χ4n) is 2.88. The van der Waals surface area contributed by atoms with Crippen molar-refractivity contribution in [2.75, 3.05) is 13.1 Å². The first-order chi connectivity index (χ1) is 9.45. The molecular weight excluding hydrogens is 274 g/mol. The zero-order chi connectivity index (χ0) is 14.4. The Morgan fingerprint density at radius 3 is 2.35 bits per heavy atom. The lowest BCUT2D eigenvalue weighted by atomic mass is 9.91. The molecule has 4 nitrogen and oxygen atoms in total. The quantitative estimate of drug-likeness (QED) is 0.901. The average molecular weight is 295 g/mol. The third-order valence-electron chi connectivity index (χ3n) is 4.34. The maximum absolute atomic E-state index is 12.4. The Morgan fingerprint density at radius 2 is 1.85 bits per heavy atom. The number of benzene rings is 1. The second-order valence-corrected chi connectivity index (χ2v) is 7.98. The molecule has 3 rings (SSSR count). The number of sulfonamides is 1. The predicted octanol–water partition coefficient (Wildman–Crippen LogP) is 1.78. The molecule has 1 aliphatic heterocycles. The zero-order valence-corrected chi connectivity index (χ0v) is 12.6. The third kappa shape index (κ3) is 2.38. The lowest BCUT2D eigenvalue weighted by Crippen LogP contribution is -2.64. The molecule has 0 aromatic heterocycles. The second kappa shape index (κ2) is 4.83. The Bertz CT molecular complexity index is 584. The van der Waals surface area contributed by atoms with Gasteiger partial charge in [0, 0.05) is 13.1 Å². The summed E-state index contributed by atoms with van der Waals surface area (Å²) < 4.78 is 26.2. The zero-order valence-electron chi connectivity index (χ0n) is 11.7. The molecule has 20 heavy (non-hydrogen) atoms. The number of aryl methyl sites for hydroxylation is 1. The van der Waals surface area contributed by atoms with Gasteiger partial charge < -0.3 is 5.11 Å². The highest BCUT2D eigenvalue weighted by molar-refractivity contribution is 7.89. The van der Waals surface area contributed by atoms with Crippen LogP contribution in [-0.4, -0.2) is 36.5 Å². The molecule has 2 fully saturated rings. The maximum atomic E-state index is 12.4. The van der Waals surface area contributed by atoms with E-state index < -0.39 is 15.6 Å². The average Bonchev–Trinajstić information content (AvgIpc) is 3.20. The molecule has 0 radical (unpaired) electrons. The molecule has 1 aromatic rings. The van der Waals surface area contributed by atoms with Gasteiger partial charge in [0.15, 0.2) is 0 Å². The summed E-state index contributed by atoms with van der Waals surface area (Å²) in [7, 11) is -3.44. The van der Waals surface area contributed by atoms with Gasteiger partial charge in [-0.3, -0.25) is 0 Å². The van der Waals surface area contributed by atoms with Gasteiger partial charge in [0.25, 0.3) is 0 Å². The van der Waals surface area contributed by atoms with Crippen molar-refractivity contribution in [2.45, 2.75) is 43.1 Å². The van der Waals surface area contributed by atoms with Gasteiger partial charge in [-0.25, -0.2) is 8.42 Å². The Kier molecular flexibility index (Phi) is 3.39. The number of β-amino-alcohol motifs (C(OH)–C–C–N with tert-alkyl or cyclic N) is 1. The molecule has 0 spiro atoms. The topological polar surface area (TPSA) is 57.6 Å². The van der Waals surface area contributed by atoms with E-state index >= 15 is 0 Å². The van der Waals surface area contributed by atoms with E-state index in [4.69, 9.17) is 0 Å². The van der Waals surface area contributed by atoms with Crippen molar-refractivity contribution in [1.82, 2.24) is 4.31 Å². The molecule has 1 saturated heterocycles. The molecule has 1 aliphatic carbocycles. The summed E-state index contributed by atoms with van der Waals surface area (Å²) in [5, 5.41) is 10.2. The molecule has 5 heteroatoms. The minimum Gasteiger partial charge on any atom is -0.387 e. The number of rotatable bonds is 5. The molecule has 0 unspecified atom stereocenters. The van der Waals surface area contributed by atoms with Gasteiger partial charge in [0.2, 0.25) is 10.0 Å². The number of nitrogens with zero attached hydrogens (tertiary/aromatic N) is 1. The van der Waals surface area contributed by atoms with Crippen LogP contribution < -0.4 is 0 Å². The first-order valence-electron chi connectivity index (χ1n) is 7.27. The van der Waals surface area contributed by atoms with E-state index in [1.807, 2.05) is 12.1 Å². The first-order valence-corrected chi connectivity index (χ1v) is 8.71. The summed E-state index contributed by atoms with van der Waals surface area (Å²) in [6, 6.07) is 7.11. The van der Waals surface area contributed by atoms with Crippen molar-refractivity contribution >= 4 is 10.0 Å². The Hall–Kier alpha value is -0.910. The highest BCUT2D eigenvalue weighted by atomic mass is 32.2. The summed E-state index contributed by atoms with van der Waals surface area (Å²) >= 11 is 0. The highest BCUT2D eigenvalue weighted by Crippen LogP contribution is 2.45. The Morgan fingerprint density at radius 1 is 1.25 bits per heavy atom. The van der Waals surface area contributed by atoms with Crippen LogP contribution in [0.3, 0.4) is 0 Å². The van der Waals surface area contributed by atoms with Crippen LogP contribution in [0.1, 0.15) is 31.7 Å². The van der Waals surface area contributed by atoms with Crippen LogP contribution in [-0.2, 0) is 16.4 Å². The van der Waals surface area contributed by atoms with Crippen molar-refractivity contribution in [3.05, 3.63) is 29.8 Å². The van der Waals surface area contributed by atoms with Crippen LogP contribution in [0.5, 0.6) is 0 Å². The Balaban J connectivity index is 1.72. The highest BCUT2D eigenvalue weighted by Gasteiger charge is 2.55. The number of hydrogen-bond acceptors (Lipinski definition) is 3. The van der Waals surface area contributed by atoms with Gasteiger partial charge >= 0.3 is 0 Å². The van der Waals surface area contributed by atoms with Gasteiger partial charge in [-0.15, -0.1) is 0 Å². The molecule has 1 heterocycles. The fourth-order valence-corrected chi connectivity index (χ4v) is 4.44. The van der Waals surface area contributed by atoms with E-state index in [0.717, 1.165) is 31.2 Å². The van der Waals surface area contributed by atoms with Crippen molar-refractivity contribution < 1.29 is 13.5 Å². The lowest BCUT2D eigenvalue weighted by Gasteiger charge is -2.45. The standard InChI is InChI=1S/C15H21NO3S/c1-2-3-12-4-8-14(9-5-12)20(18,19)16-10-15(17,11-16)13-6-7-13/h4-5,8-9,13,17H,2-3,6-7,10-11H2,1H3. The van der Waals surface area contributed by atoms with Crippen molar-refractivity contribution in [2.24, 2.45) is 5.92 Å². The smallest absolute Gasteiger partial charge is 0.243 e. The summed E-state index contributed by atoms with van der Waals surface area (Å²) in [5.74, 6) is 0.306. The largest absolute Gasteiger partial charge is 0.387 e. The normalized spacial score (nSPS) is 22.5. The van der Waals surface area contributed by atoms with Gasteiger partial charge in [-0.05, 0) is 42.9 Å². The predicted molar refractivity (Wildman–Crippen MR) is 76.9 cm³/mol. The van der Waals surface area contributed by atoms with Crippen LogP contribution in [0.4, 0.5) is 0 Å². The van der Waals surface area contributed by atoms with Gasteiger partial charge in [0.1, 0.15) is 0 Å². The second-order valence-electron chi connectivity index (χ2n) is 6.04. The van der Waals surface area contributed by atoms with E-state index in [2.05, 4.69) is 6.92 Å². The molecule has 2 aliphatic rings. The molecular formula is C15H21NO3S. The van der Waals surface area contributed by atoms with E-state index in [9.17, 15) is 13.5 Å². The third-order valence-corrected chi connectivity index (χ3v) is 6.14. The maximum Gasteiger partial charge on any atom is 0.243 e. The van der Waals surface area contributed by atoms with Crippen LogP contribution >= 0.6 is 0 Å². The number of aliphatic hydroxyl groups is 1. The van der Waals surface area contributed by atoms with Crippen LogP contribution in [0.25, 0.3) is 0 Å². The van der Waals surface area contributed by atoms with Crippen molar-refractivity contribution in [3.8, 4) is 0 Å². The minimum atomic E-state index is -3.44. The lowest BCUT2D eigenvalue weighted by molar-refractivity contribution is -0.0764. The first kappa shape index (κ1) is 14.0. The summed E-state index contributed by atoms with van der Waals surface area (Å²) in [5.41, 5.74) is 0.388. The fraction of sp³-hybridized carbons (Fsp3) is 0.600. The monoisotopic (exact) mass is 295 g/mol. The molecule has 0 amide bonds. The van der Waals surface area contributed by atoms with E-state index in [-0.39, 0.29) is 13.1 Å². The molecule has 0 atom stereocenters.